The van der Waals surface area contributed by atoms with Gasteiger partial charge in [0.1, 0.15) is 0 Å². The van der Waals surface area contributed by atoms with Crippen LogP contribution in [0.1, 0.15) is 5.89 Å². The third-order valence-corrected chi connectivity index (χ3v) is 2.05. The molecule has 6 nitrogen and oxygen atoms in total. The van der Waals surface area contributed by atoms with Crippen LogP contribution in [-0.2, 0) is 13.6 Å². The molecule has 2 rings (SSSR count). The lowest BCUT2D eigenvalue weighted by Crippen LogP contribution is -2.12. The number of hydrogen-bond acceptors (Lipinski definition) is 5. The second kappa shape index (κ2) is 4.71. The molecular formula is C10H13N5O. The fraction of sp³-hybridized carbons (Fsp3) is 0.300. The maximum atomic E-state index is 5.08. The molecule has 0 atom stereocenters. The van der Waals surface area contributed by atoms with Gasteiger partial charge in [0.2, 0.25) is 11.7 Å². The normalized spacial score (nSPS) is 10.6. The molecule has 0 fully saturated rings. The zero-order chi connectivity index (χ0) is 11.4. The van der Waals surface area contributed by atoms with Gasteiger partial charge in [-0.25, -0.2) is 4.98 Å². The molecule has 0 spiro atoms. The number of nitrogens with zero attached hydrogens (tertiary/aromatic N) is 4. The Labute approximate surface area is 93.0 Å². The number of aryl methyl sites for hydroxylation is 1. The van der Waals surface area contributed by atoms with E-state index < -0.39 is 0 Å². The minimum Gasteiger partial charge on any atom is -0.337 e. The average molecular weight is 219 g/mol. The van der Waals surface area contributed by atoms with Gasteiger partial charge in [0.15, 0.2) is 5.82 Å². The van der Waals surface area contributed by atoms with Gasteiger partial charge in [0.25, 0.3) is 0 Å². The zero-order valence-electron chi connectivity index (χ0n) is 9.05. The molecule has 0 aliphatic heterocycles. The molecular weight excluding hydrogens is 206 g/mol. The molecule has 0 radical (unpaired) electrons. The largest absolute Gasteiger partial charge is 0.337 e. The van der Waals surface area contributed by atoms with E-state index in [0.717, 1.165) is 0 Å². The Hall–Kier alpha value is -1.95. The van der Waals surface area contributed by atoms with Crippen molar-refractivity contribution in [1.82, 2.24) is 25.0 Å². The van der Waals surface area contributed by atoms with Crippen molar-refractivity contribution in [2.24, 2.45) is 7.05 Å². The molecule has 6 heteroatoms. The summed E-state index contributed by atoms with van der Waals surface area (Å²) in [6.45, 7) is 4.85. The molecule has 0 bridgehead atoms. The van der Waals surface area contributed by atoms with Gasteiger partial charge in [-0.15, -0.1) is 6.58 Å². The van der Waals surface area contributed by atoms with E-state index in [-0.39, 0.29) is 0 Å². The van der Waals surface area contributed by atoms with Crippen LogP contribution in [0.25, 0.3) is 11.6 Å². The third kappa shape index (κ3) is 2.17. The van der Waals surface area contributed by atoms with E-state index in [9.17, 15) is 0 Å². The predicted octanol–water partition coefficient (Wildman–Crippen LogP) is 0.746. The fourth-order valence-corrected chi connectivity index (χ4v) is 1.28. The summed E-state index contributed by atoms with van der Waals surface area (Å²) in [6.07, 6.45) is 5.30. The number of imidazole rings is 1. The lowest BCUT2D eigenvalue weighted by Gasteiger charge is -1.94. The van der Waals surface area contributed by atoms with Crippen molar-refractivity contribution in [2.45, 2.75) is 6.54 Å². The fourth-order valence-electron chi connectivity index (χ4n) is 1.28. The van der Waals surface area contributed by atoms with Crippen molar-refractivity contribution in [3.05, 3.63) is 30.9 Å². The molecule has 1 N–H and O–H groups in total. The molecule has 0 saturated carbocycles. The Morgan fingerprint density at radius 3 is 3.19 bits per heavy atom. The lowest BCUT2D eigenvalue weighted by atomic mass is 10.5. The van der Waals surface area contributed by atoms with Crippen LogP contribution in [0.15, 0.2) is 29.6 Å². The molecule has 2 aromatic heterocycles. The maximum Gasteiger partial charge on any atom is 0.241 e. The van der Waals surface area contributed by atoms with Crippen molar-refractivity contribution in [2.75, 3.05) is 6.54 Å². The van der Waals surface area contributed by atoms with E-state index in [1.165, 1.54) is 0 Å². The summed E-state index contributed by atoms with van der Waals surface area (Å²) in [5.74, 6) is 1.74. The van der Waals surface area contributed by atoms with Crippen LogP contribution >= 0.6 is 0 Å². The topological polar surface area (TPSA) is 68.8 Å². The standard InChI is InChI=1S/C10H13N5O/c1-3-4-11-7-8-13-9(14-16-8)10-12-5-6-15(10)2/h3,5-6,11H,1,4,7H2,2H3. The van der Waals surface area contributed by atoms with E-state index in [0.29, 0.717) is 30.6 Å². The van der Waals surface area contributed by atoms with Gasteiger partial charge in [0.05, 0.1) is 6.54 Å². The van der Waals surface area contributed by atoms with Crippen LogP contribution in [0.3, 0.4) is 0 Å². The van der Waals surface area contributed by atoms with Gasteiger partial charge in [-0.1, -0.05) is 11.2 Å². The highest BCUT2D eigenvalue weighted by molar-refractivity contribution is 5.42. The summed E-state index contributed by atoms with van der Waals surface area (Å²) in [6, 6.07) is 0. The van der Waals surface area contributed by atoms with E-state index >= 15 is 0 Å². The van der Waals surface area contributed by atoms with E-state index in [2.05, 4.69) is 27.0 Å². The van der Waals surface area contributed by atoms with Crippen molar-refractivity contribution < 1.29 is 4.52 Å². The smallest absolute Gasteiger partial charge is 0.241 e. The summed E-state index contributed by atoms with van der Waals surface area (Å²) in [5, 5.41) is 6.95. The second-order valence-electron chi connectivity index (χ2n) is 3.29. The van der Waals surface area contributed by atoms with Crippen molar-refractivity contribution in [3.8, 4) is 11.6 Å². The molecule has 0 amide bonds. The molecule has 2 aromatic rings. The summed E-state index contributed by atoms with van der Waals surface area (Å²) in [5.41, 5.74) is 0. The van der Waals surface area contributed by atoms with Crippen molar-refractivity contribution in [1.29, 1.82) is 0 Å². The summed E-state index contributed by atoms with van der Waals surface area (Å²) >= 11 is 0. The molecule has 2 heterocycles. The SMILES string of the molecule is C=CCNCc1nc(-c2nccn2C)no1. The molecule has 0 saturated heterocycles. The average Bonchev–Trinajstić information content (AvgIpc) is 2.87. The first-order chi connectivity index (χ1) is 7.81. The molecule has 84 valence electrons. The number of aromatic nitrogens is 4. The highest BCUT2D eigenvalue weighted by Gasteiger charge is 2.11. The molecule has 0 unspecified atom stereocenters. The highest BCUT2D eigenvalue weighted by Crippen LogP contribution is 2.11. The molecule has 16 heavy (non-hydrogen) atoms. The van der Waals surface area contributed by atoms with Crippen LogP contribution in [0.5, 0.6) is 0 Å². The monoisotopic (exact) mass is 219 g/mol. The Morgan fingerprint density at radius 2 is 2.50 bits per heavy atom. The summed E-state index contributed by atoms with van der Waals surface area (Å²) in [7, 11) is 1.88. The van der Waals surface area contributed by atoms with E-state index in [1.807, 2.05) is 17.8 Å². The second-order valence-corrected chi connectivity index (χ2v) is 3.29. The Kier molecular flexibility index (Phi) is 3.11. The van der Waals surface area contributed by atoms with Crippen molar-refractivity contribution in [3.63, 3.8) is 0 Å². The third-order valence-electron chi connectivity index (χ3n) is 2.05. The Balaban J connectivity index is 2.08. The Bertz CT molecular complexity index is 473. The maximum absolute atomic E-state index is 5.08. The van der Waals surface area contributed by atoms with Gasteiger partial charge in [-0.2, -0.15) is 4.98 Å². The zero-order valence-corrected chi connectivity index (χ0v) is 9.05. The number of rotatable bonds is 5. The van der Waals surface area contributed by atoms with Gasteiger partial charge < -0.3 is 14.4 Å². The predicted molar refractivity (Wildman–Crippen MR) is 58.4 cm³/mol. The van der Waals surface area contributed by atoms with Crippen LogP contribution in [-0.4, -0.2) is 26.2 Å². The number of nitrogens with one attached hydrogen (secondary N) is 1. The summed E-state index contributed by atoms with van der Waals surface area (Å²) < 4.78 is 6.92. The molecule has 0 aliphatic carbocycles. The van der Waals surface area contributed by atoms with Crippen LogP contribution < -0.4 is 5.32 Å². The van der Waals surface area contributed by atoms with Crippen LogP contribution in [0, 0.1) is 0 Å². The van der Waals surface area contributed by atoms with E-state index in [1.54, 1.807) is 12.3 Å². The van der Waals surface area contributed by atoms with Gasteiger partial charge in [-0.05, 0) is 0 Å². The van der Waals surface area contributed by atoms with E-state index in [4.69, 9.17) is 4.52 Å². The summed E-state index contributed by atoms with van der Waals surface area (Å²) in [4.78, 5) is 8.36. The molecule has 0 aromatic carbocycles. The van der Waals surface area contributed by atoms with Gasteiger partial charge in [-0.3, -0.25) is 0 Å². The first kappa shape index (κ1) is 10.6. The molecule has 0 aliphatic rings. The van der Waals surface area contributed by atoms with Gasteiger partial charge >= 0.3 is 0 Å². The first-order valence-electron chi connectivity index (χ1n) is 4.93. The number of hydrogen-bond donors (Lipinski definition) is 1. The Morgan fingerprint density at radius 1 is 1.62 bits per heavy atom. The first-order valence-corrected chi connectivity index (χ1v) is 4.93. The quantitative estimate of drug-likeness (QED) is 0.593. The van der Waals surface area contributed by atoms with Gasteiger partial charge in [0, 0.05) is 26.0 Å². The van der Waals surface area contributed by atoms with Crippen LogP contribution in [0.2, 0.25) is 0 Å². The minimum atomic E-state index is 0.503. The van der Waals surface area contributed by atoms with Crippen molar-refractivity contribution >= 4 is 0 Å². The van der Waals surface area contributed by atoms with Crippen LogP contribution in [0.4, 0.5) is 0 Å². The highest BCUT2D eigenvalue weighted by atomic mass is 16.5. The lowest BCUT2D eigenvalue weighted by molar-refractivity contribution is 0.370. The minimum absolute atomic E-state index is 0.503.